The van der Waals surface area contributed by atoms with E-state index in [0.29, 0.717) is 5.56 Å². The van der Waals surface area contributed by atoms with Crippen LogP contribution in [-0.4, -0.2) is 28.2 Å². The molecule has 0 aliphatic rings. The average molecular weight is 224 g/mol. The van der Waals surface area contributed by atoms with Crippen LogP contribution in [-0.2, 0) is 6.54 Å². The maximum absolute atomic E-state index is 11.6. The maximum atomic E-state index is 11.6. The molecule has 0 spiro atoms. The van der Waals surface area contributed by atoms with Crippen molar-refractivity contribution < 1.29 is 9.90 Å². The smallest absolute Gasteiger partial charge is 0.252 e. The summed E-state index contributed by atoms with van der Waals surface area (Å²) in [7, 11) is 0. The molecule has 5 heteroatoms. The van der Waals surface area contributed by atoms with E-state index in [9.17, 15) is 9.59 Å². The molecule has 0 aromatic carbocycles. The summed E-state index contributed by atoms with van der Waals surface area (Å²) >= 11 is 0. The number of nitrogens with zero attached hydrogens (tertiary/aromatic N) is 1. The number of aliphatic hydroxyl groups is 1. The summed E-state index contributed by atoms with van der Waals surface area (Å²) in [6, 6.07) is 2.85. The summed E-state index contributed by atoms with van der Waals surface area (Å²) in [6.45, 7) is 3.79. The third kappa shape index (κ3) is 3.20. The van der Waals surface area contributed by atoms with Gasteiger partial charge < -0.3 is 15.0 Å². The predicted molar refractivity (Wildman–Crippen MR) is 60.4 cm³/mol. The second-order valence-electron chi connectivity index (χ2n) is 3.80. The standard InChI is InChI=1S/C11H16N2O3/c1-8(2)12-11(16)9-3-4-10(15)13(7-9)5-6-14/h3-4,7-8,14H,5-6H2,1-2H3,(H,12,16). The molecule has 16 heavy (non-hydrogen) atoms. The van der Waals surface area contributed by atoms with Crippen LogP contribution < -0.4 is 10.9 Å². The normalized spacial score (nSPS) is 10.5. The van der Waals surface area contributed by atoms with Gasteiger partial charge in [-0.25, -0.2) is 0 Å². The number of aromatic nitrogens is 1. The summed E-state index contributed by atoms with van der Waals surface area (Å²) in [5.74, 6) is -0.221. The van der Waals surface area contributed by atoms with Gasteiger partial charge in [0.15, 0.2) is 0 Å². The van der Waals surface area contributed by atoms with Gasteiger partial charge in [0.2, 0.25) is 0 Å². The molecule has 0 atom stereocenters. The summed E-state index contributed by atoms with van der Waals surface area (Å²) < 4.78 is 1.31. The Morgan fingerprint density at radius 3 is 2.75 bits per heavy atom. The fourth-order valence-electron chi connectivity index (χ4n) is 1.29. The molecule has 88 valence electrons. The quantitative estimate of drug-likeness (QED) is 0.755. The van der Waals surface area contributed by atoms with E-state index in [4.69, 9.17) is 5.11 Å². The van der Waals surface area contributed by atoms with Gasteiger partial charge in [0.25, 0.3) is 11.5 Å². The molecule has 0 unspecified atom stereocenters. The van der Waals surface area contributed by atoms with Crippen molar-refractivity contribution in [2.24, 2.45) is 0 Å². The minimum absolute atomic E-state index is 0.0470. The van der Waals surface area contributed by atoms with Gasteiger partial charge in [-0.3, -0.25) is 9.59 Å². The van der Waals surface area contributed by atoms with Crippen LogP contribution in [0.1, 0.15) is 24.2 Å². The van der Waals surface area contributed by atoms with Gasteiger partial charge in [-0.05, 0) is 19.9 Å². The highest BCUT2D eigenvalue weighted by atomic mass is 16.3. The average Bonchev–Trinajstić information content (AvgIpc) is 2.20. The minimum Gasteiger partial charge on any atom is -0.395 e. The largest absolute Gasteiger partial charge is 0.395 e. The zero-order chi connectivity index (χ0) is 12.1. The van der Waals surface area contributed by atoms with Crippen LogP contribution in [0.15, 0.2) is 23.1 Å². The van der Waals surface area contributed by atoms with E-state index in [2.05, 4.69) is 5.32 Å². The SMILES string of the molecule is CC(C)NC(=O)c1ccc(=O)n(CCO)c1. The van der Waals surface area contributed by atoms with E-state index in [1.165, 1.54) is 22.9 Å². The molecular weight excluding hydrogens is 208 g/mol. The van der Waals surface area contributed by atoms with E-state index in [1.807, 2.05) is 13.8 Å². The van der Waals surface area contributed by atoms with E-state index in [-0.39, 0.29) is 30.7 Å². The van der Waals surface area contributed by atoms with Gasteiger partial charge >= 0.3 is 0 Å². The second kappa shape index (κ2) is 5.46. The minimum atomic E-state index is -0.227. The van der Waals surface area contributed by atoms with Gasteiger partial charge in [0.1, 0.15) is 0 Å². The molecule has 5 nitrogen and oxygen atoms in total. The first-order valence-electron chi connectivity index (χ1n) is 5.17. The molecule has 2 N–H and O–H groups in total. The fraction of sp³-hybridized carbons (Fsp3) is 0.455. The first kappa shape index (κ1) is 12.4. The Bertz CT molecular complexity index is 423. The fourth-order valence-corrected chi connectivity index (χ4v) is 1.29. The highest BCUT2D eigenvalue weighted by Crippen LogP contribution is 1.97. The summed E-state index contributed by atoms with van der Waals surface area (Å²) in [4.78, 5) is 23.0. The Labute approximate surface area is 93.7 Å². The molecule has 0 saturated carbocycles. The van der Waals surface area contributed by atoms with Crippen molar-refractivity contribution >= 4 is 5.91 Å². The lowest BCUT2D eigenvalue weighted by atomic mass is 10.2. The van der Waals surface area contributed by atoms with E-state index < -0.39 is 0 Å². The molecule has 0 aliphatic heterocycles. The predicted octanol–water partition coefficient (Wildman–Crippen LogP) is -0.0212. The summed E-state index contributed by atoms with van der Waals surface area (Å²) in [5, 5.41) is 11.5. The number of hydrogen-bond acceptors (Lipinski definition) is 3. The van der Waals surface area contributed by atoms with Crippen molar-refractivity contribution in [1.29, 1.82) is 0 Å². The van der Waals surface area contributed by atoms with Crippen LogP contribution in [0.5, 0.6) is 0 Å². The lowest BCUT2D eigenvalue weighted by Gasteiger charge is -2.09. The van der Waals surface area contributed by atoms with Crippen LogP contribution >= 0.6 is 0 Å². The molecule has 0 bridgehead atoms. The van der Waals surface area contributed by atoms with Gasteiger partial charge in [0, 0.05) is 24.8 Å². The molecule has 1 aromatic heterocycles. The number of pyridine rings is 1. The van der Waals surface area contributed by atoms with Crippen LogP contribution in [0.4, 0.5) is 0 Å². The monoisotopic (exact) mass is 224 g/mol. The first-order chi connectivity index (χ1) is 7.54. The Morgan fingerprint density at radius 2 is 2.19 bits per heavy atom. The highest BCUT2D eigenvalue weighted by Gasteiger charge is 2.08. The third-order valence-corrected chi connectivity index (χ3v) is 2.01. The number of rotatable bonds is 4. The number of nitrogens with one attached hydrogen (secondary N) is 1. The Balaban J connectivity index is 2.94. The van der Waals surface area contributed by atoms with Crippen molar-refractivity contribution in [1.82, 2.24) is 9.88 Å². The number of carbonyl (C=O) groups excluding carboxylic acids is 1. The Kier molecular flexibility index (Phi) is 4.25. The summed E-state index contributed by atoms with van der Waals surface area (Å²) in [6.07, 6.45) is 1.45. The van der Waals surface area contributed by atoms with Crippen LogP contribution in [0, 0.1) is 0 Å². The number of carbonyl (C=O) groups is 1. The van der Waals surface area contributed by atoms with Crippen molar-refractivity contribution in [3.8, 4) is 0 Å². The molecule has 0 aliphatic carbocycles. The van der Waals surface area contributed by atoms with E-state index >= 15 is 0 Å². The zero-order valence-electron chi connectivity index (χ0n) is 9.43. The lowest BCUT2D eigenvalue weighted by Crippen LogP contribution is -2.31. The Morgan fingerprint density at radius 1 is 1.50 bits per heavy atom. The van der Waals surface area contributed by atoms with Gasteiger partial charge in [-0.15, -0.1) is 0 Å². The molecule has 0 saturated heterocycles. The van der Waals surface area contributed by atoms with E-state index in [0.717, 1.165) is 0 Å². The molecule has 1 heterocycles. The van der Waals surface area contributed by atoms with Gasteiger partial charge in [-0.1, -0.05) is 0 Å². The molecule has 1 aromatic rings. The lowest BCUT2D eigenvalue weighted by molar-refractivity contribution is 0.0942. The molecule has 1 amide bonds. The van der Waals surface area contributed by atoms with Crippen LogP contribution in [0.3, 0.4) is 0 Å². The molecule has 0 fully saturated rings. The maximum Gasteiger partial charge on any atom is 0.252 e. The van der Waals surface area contributed by atoms with Crippen LogP contribution in [0.25, 0.3) is 0 Å². The molecule has 1 rings (SSSR count). The van der Waals surface area contributed by atoms with Crippen molar-refractivity contribution in [3.05, 3.63) is 34.2 Å². The van der Waals surface area contributed by atoms with Gasteiger partial charge in [-0.2, -0.15) is 0 Å². The van der Waals surface area contributed by atoms with Crippen molar-refractivity contribution in [2.75, 3.05) is 6.61 Å². The number of aliphatic hydroxyl groups excluding tert-OH is 1. The Hall–Kier alpha value is -1.62. The first-order valence-corrected chi connectivity index (χ1v) is 5.17. The molecule has 0 radical (unpaired) electrons. The van der Waals surface area contributed by atoms with Crippen molar-refractivity contribution in [2.45, 2.75) is 26.4 Å². The topological polar surface area (TPSA) is 71.3 Å². The van der Waals surface area contributed by atoms with Gasteiger partial charge in [0.05, 0.1) is 12.2 Å². The summed E-state index contributed by atoms with van der Waals surface area (Å²) in [5.41, 5.74) is 0.192. The highest BCUT2D eigenvalue weighted by molar-refractivity contribution is 5.93. The van der Waals surface area contributed by atoms with Crippen molar-refractivity contribution in [3.63, 3.8) is 0 Å². The number of amides is 1. The van der Waals surface area contributed by atoms with E-state index in [1.54, 1.807) is 0 Å². The number of hydrogen-bond donors (Lipinski definition) is 2. The van der Waals surface area contributed by atoms with Crippen LogP contribution in [0.2, 0.25) is 0 Å². The second-order valence-corrected chi connectivity index (χ2v) is 3.80. The zero-order valence-corrected chi connectivity index (χ0v) is 9.43. The third-order valence-electron chi connectivity index (χ3n) is 2.01. The molecular formula is C11H16N2O3.